The molecule has 0 aliphatic heterocycles. The van der Waals surface area contributed by atoms with E-state index < -0.39 is 11.6 Å². The van der Waals surface area contributed by atoms with E-state index in [0.717, 1.165) is 15.4 Å². The van der Waals surface area contributed by atoms with E-state index in [1.807, 2.05) is 11.4 Å². The molecule has 0 saturated heterocycles. The molecule has 1 N–H and O–H groups in total. The third-order valence-electron chi connectivity index (χ3n) is 2.55. The summed E-state index contributed by atoms with van der Waals surface area (Å²) < 4.78 is 28.5. The van der Waals surface area contributed by atoms with Gasteiger partial charge in [0, 0.05) is 14.9 Å². The highest BCUT2D eigenvalue weighted by atomic mass is 79.9. The van der Waals surface area contributed by atoms with Crippen molar-refractivity contribution >= 4 is 43.2 Å². The van der Waals surface area contributed by atoms with Gasteiger partial charge in [-0.3, -0.25) is 0 Å². The Balaban J connectivity index is 2.52. The van der Waals surface area contributed by atoms with Crippen molar-refractivity contribution in [2.24, 2.45) is 0 Å². The molecule has 1 heterocycles. The fourth-order valence-electron chi connectivity index (χ4n) is 1.70. The molecule has 0 aliphatic rings. The van der Waals surface area contributed by atoms with Crippen LogP contribution in [0.15, 0.2) is 32.5 Å². The number of hydrogen-bond acceptors (Lipinski definition) is 2. The topological polar surface area (TPSA) is 12.0 Å². The van der Waals surface area contributed by atoms with Gasteiger partial charge < -0.3 is 5.32 Å². The van der Waals surface area contributed by atoms with E-state index in [1.54, 1.807) is 7.05 Å². The molecule has 0 spiro atoms. The summed E-state index contributed by atoms with van der Waals surface area (Å²) in [5.74, 6) is -0.915. The predicted molar refractivity (Wildman–Crippen MR) is 77.0 cm³/mol. The van der Waals surface area contributed by atoms with E-state index >= 15 is 0 Å². The Morgan fingerprint density at radius 1 is 1.17 bits per heavy atom. The Morgan fingerprint density at radius 3 is 2.44 bits per heavy atom. The number of thiophene rings is 1. The molecule has 0 radical (unpaired) electrons. The maximum absolute atomic E-state index is 13.9. The highest BCUT2D eigenvalue weighted by Crippen LogP contribution is 2.35. The van der Waals surface area contributed by atoms with Gasteiger partial charge in [-0.2, -0.15) is 0 Å². The molecule has 0 bridgehead atoms. The Bertz CT molecular complexity index is 571. The minimum Gasteiger partial charge on any atom is -0.309 e. The lowest BCUT2D eigenvalue weighted by molar-refractivity contribution is 0.556. The van der Waals surface area contributed by atoms with Gasteiger partial charge >= 0.3 is 0 Å². The van der Waals surface area contributed by atoms with Crippen LogP contribution in [0, 0.1) is 11.6 Å². The average molecular weight is 397 g/mol. The first kappa shape index (κ1) is 14.1. The second-order valence-corrected chi connectivity index (χ2v) is 6.30. The lowest BCUT2D eigenvalue weighted by Gasteiger charge is -2.17. The van der Waals surface area contributed by atoms with Crippen LogP contribution in [-0.2, 0) is 0 Å². The summed E-state index contributed by atoms with van der Waals surface area (Å²) in [7, 11) is 1.72. The summed E-state index contributed by atoms with van der Waals surface area (Å²) in [6, 6.07) is 3.88. The lowest BCUT2D eigenvalue weighted by Crippen LogP contribution is -2.18. The Morgan fingerprint density at radius 2 is 1.89 bits per heavy atom. The first-order chi connectivity index (χ1) is 8.54. The van der Waals surface area contributed by atoms with Crippen LogP contribution in [-0.4, -0.2) is 7.05 Å². The third kappa shape index (κ3) is 2.66. The van der Waals surface area contributed by atoms with Crippen LogP contribution in [0.4, 0.5) is 8.78 Å². The Labute approximate surface area is 124 Å². The number of benzene rings is 1. The van der Waals surface area contributed by atoms with Crippen LogP contribution in [0.25, 0.3) is 0 Å². The zero-order valence-electron chi connectivity index (χ0n) is 9.31. The van der Waals surface area contributed by atoms with Crippen LogP contribution < -0.4 is 5.32 Å². The Kier molecular flexibility index (Phi) is 4.53. The van der Waals surface area contributed by atoms with Gasteiger partial charge in [-0.15, -0.1) is 11.3 Å². The SMILES string of the molecule is CNC(c1cc(F)c(Br)cc1F)c1sccc1Br. The van der Waals surface area contributed by atoms with Gasteiger partial charge in [0.05, 0.1) is 10.5 Å². The van der Waals surface area contributed by atoms with Gasteiger partial charge in [0.1, 0.15) is 11.6 Å². The molecular formula is C12H9Br2F2NS. The van der Waals surface area contributed by atoms with E-state index in [2.05, 4.69) is 37.2 Å². The maximum atomic E-state index is 13.9. The van der Waals surface area contributed by atoms with Crippen molar-refractivity contribution in [2.45, 2.75) is 6.04 Å². The van der Waals surface area contributed by atoms with E-state index in [-0.39, 0.29) is 10.5 Å². The summed E-state index contributed by atoms with van der Waals surface area (Å²) in [5, 5.41) is 4.91. The molecule has 6 heteroatoms. The molecule has 0 aliphatic carbocycles. The number of rotatable bonds is 3. The van der Waals surface area contributed by atoms with Gasteiger partial charge in [-0.05, 0) is 62.5 Å². The standard InChI is InChI=1S/C12H9Br2F2NS/c1-17-11(12-7(13)2-3-18-12)6-4-10(16)8(14)5-9(6)15/h2-5,11,17H,1H3. The first-order valence-electron chi connectivity index (χ1n) is 5.09. The minimum atomic E-state index is -0.473. The molecule has 18 heavy (non-hydrogen) atoms. The van der Waals surface area contributed by atoms with Crippen LogP contribution in [0.5, 0.6) is 0 Å². The molecule has 0 saturated carbocycles. The highest BCUT2D eigenvalue weighted by Gasteiger charge is 2.21. The monoisotopic (exact) mass is 395 g/mol. The number of nitrogens with one attached hydrogen (secondary N) is 1. The third-order valence-corrected chi connectivity index (χ3v) is 5.09. The smallest absolute Gasteiger partial charge is 0.137 e. The Hall–Kier alpha value is -0.300. The summed E-state index contributed by atoms with van der Waals surface area (Å²) in [5.41, 5.74) is 0.293. The van der Waals surface area contributed by atoms with Crippen molar-refractivity contribution in [1.29, 1.82) is 0 Å². The zero-order chi connectivity index (χ0) is 13.3. The number of halogens is 4. The summed E-state index contributed by atoms with van der Waals surface area (Å²) >= 11 is 7.87. The summed E-state index contributed by atoms with van der Waals surface area (Å²) in [6.07, 6.45) is 0. The molecule has 1 unspecified atom stereocenters. The van der Waals surface area contributed by atoms with Crippen LogP contribution in [0.3, 0.4) is 0 Å². The minimum absolute atomic E-state index is 0.129. The van der Waals surface area contributed by atoms with E-state index in [0.29, 0.717) is 5.56 Å². The quantitative estimate of drug-likeness (QED) is 0.730. The maximum Gasteiger partial charge on any atom is 0.137 e. The summed E-state index contributed by atoms with van der Waals surface area (Å²) in [4.78, 5) is 0.915. The van der Waals surface area contributed by atoms with E-state index in [4.69, 9.17) is 0 Å². The normalized spacial score (nSPS) is 12.7. The molecule has 0 amide bonds. The van der Waals surface area contributed by atoms with E-state index in [9.17, 15) is 8.78 Å². The van der Waals surface area contributed by atoms with Crippen LogP contribution in [0.1, 0.15) is 16.5 Å². The molecule has 1 aromatic heterocycles. The molecule has 1 nitrogen and oxygen atoms in total. The van der Waals surface area contributed by atoms with Gasteiger partial charge in [0.25, 0.3) is 0 Å². The largest absolute Gasteiger partial charge is 0.309 e. The zero-order valence-corrected chi connectivity index (χ0v) is 13.3. The van der Waals surface area contributed by atoms with Crippen LogP contribution in [0.2, 0.25) is 0 Å². The highest BCUT2D eigenvalue weighted by molar-refractivity contribution is 9.10. The van der Waals surface area contributed by atoms with Gasteiger partial charge in [-0.25, -0.2) is 8.78 Å². The fraction of sp³-hybridized carbons (Fsp3) is 0.167. The average Bonchev–Trinajstić information content (AvgIpc) is 2.73. The van der Waals surface area contributed by atoms with Crippen molar-refractivity contribution in [3.8, 4) is 0 Å². The predicted octanol–water partition coefficient (Wildman–Crippen LogP) is 4.86. The van der Waals surface area contributed by atoms with Crippen molar-refractivity contribution in [3.63, 3.8) is 0 Å². The van der Waals surface area contributed by atoms with Crippen molar-refractivity contribution in [1.82, 2.24) is 5.32 Å². The lowest BCUT2D eigenvalue weighted by atomic mass is 10.0. The molecule has 2 aromatic rings. The van der Waals surface area contributed by atoms with Crippen LogP contribution >= 0.6 is 43.2 Å². The van der Waals surface area contributed by atoms with Gasteiger partial charge in [0.15, 0.2) is 0 Å². The molecule has 96 valence electrons. The molecule has 1 aromatic carbocycles. The molecule has 1 atom stereocenters. The molecule has 0 fully saturated rings. The molecule has 2 rings (SSSR count). The van der Waals surface area contributed by atoms with Gasteiger partial charge in [0.2, 0.25) is 0 Å². The second kappa shape index (κ2) is 5.77. The van der Waals surface area contributed by atoms with Crippen molar-refractivity contribution < 1.29 is 8.78 Å². The van der Waals surface area contributed by atoms with Crippen molar-refractivity contribution in [2.75, 3.05) is 7.05 Å². The fourth-order valence-corrected chi connectivity index (χ4v) is 3.74. The molecular weight excluding hydrogens is 388 g/mol. The van der Waals surface area contributed by atoms with E-state index in [1.165, 1.54) is 17.4 Å². The van der Waals surface area contributed by atoms with Crippen molar-refractivity contribution in [3.05, 3.63) is 54.6 Å². The summed E-state index contributed by atoms with van der Waals surface area (Å²) in [6.45, 7) is 0. The second-order valence-electron chi connectivity index (χ2n) is 3.64. The first-order valence-corrected chi connectivity index (χ1v) is 7.55. The number of hydrogen-bond donors (Lipinski definition) is 1. The van der Waals surface area contributed by atoms with Gasteiger partial charge in [-0.1, -0.05) is 0 Å².